The van der Waals surface area contributed by atoms with Crippen molar-refractivity contribution in [1.29, 1.82) is 0 Å². The third-order valence-electron chi connectivity index (χ3n) is 1.94. The second-order valence-corrected chi connectivity index (χ2v) is 4.78. The summed E-state index contributed by atoms with van der Waals surface area (Å²) in [6.07, 6.45) is 2.82. The molecule has 0 rings (SSSR count). The number of aliphatic carboxylic acids is 1. The van der Waals surface area contributed by atoms with Gasteiger partial charge in [0.2, 0.25) is 0 Å². The molecule has 0 aliphatic heterocycles. The summed E-state index contributed by atoms with van der Waals surface area (Å²) in [5.74, 6) is -0.723. The van der Waals surface area contributed by atoms with E-state index >= 15 is 0 Å². The van der Waals surface area contributed by atoms with E-state index in [1.165, 1.54) is 0 Å². The summed E-state index contributed by atoms with van der Waals surface area (Å²) in [6.45, 7) is 7.94. The highest BCUT2D eigenvalue weighted by molar-refractivity contribution is 5.66. The summed E-state index contributed by atoms with van der Waals surface area (Å²) in [7, 11) is 0. The van der Waals surface area contributed by atoms with Crippen LogP contribution in [-0.4, -0.2) is 36.5 Å². The maximum absolute atomic E-state index is 10.2. The molecular weight excluding hydrogens is 208 g/mol. The third-order valence-corrected chi connectivity index (χ3v) is 1.94. The Hall–Kier alpha value is -0.610. The molecule has 0 saturated carbocycles. The molecule has 96 valence electrons. The number of carboxylic acid groups (broad SMARTS) is 1. The smallest absolute Gasteiger partial charge is 0.303 e. The Balaban J connectivity index is 3.07. The Morgan fingerprint density at radius 3 is 2.31 bits per heavy atom. The minimum atomic E-state index is -0.723. The molecule has 0 aromatic carbocycles. The average molecular weight is 232 g/mol. The molecule has 0 atom stereocenters. The van der Waals surface area contributed by atoms with Gasteiger partial charge in [0.05, 0.1) is 18.8 Å². The normalized spacial score (nSPS) is 11.7. The lowest BCUT2D eigenvalue weighted by Gasteiger charge is -2.19. The molecule has 0 amide bonds. The van der Waals surface area contributed by atoms with Crippen molar-refractivity contribution in [2.75, 3.05) is 19.8 Å². The van der Waals surface area contributed by atoms with Gasteiger partial charge >= 0.3 is 5.97 Å². The van der Waals surface area contributed by atoms with Gasteiger partial charge < -0.3 is 14.6 Å². The fourth-order valence-electron chi connectivity index (χ4n) is 1.17. The highest BCUT2D eigenvalue weighted by Gasteiger charge is 2.08. The lowest BCUT2D eigenvalue weighted by Crippen LogP contribution is -2.21. The maximum Gasteiger partial charge on any atom is 0.303 e. The zero-order chi connectivity index (χ0) is 12.4. The van der Waals surface area contributed by atoms with Crippen LogP contribution in [0.4, 0.5) is 0 Å². The zero-order valence-corrected chi connectivity index (χ0v) is 10.6. The first-order valence-electron chi connectivity index (χ1n) is 5.85. The Morgan fingerprint density at radius 2 is 1.75 bits per heavy atom. The van der Waals surface area contributed by atoms with Crippen molar-refractivity contribution in [1.82, 2.24) is 0 Å². The molecule has 4 nitrogen and oxygen atoms in total. The quantitative estimate of drug-likeness (QED) is 0.620. The van der Waals surface area contributed by atoms with Gasteiger partial charge in [0, 0.05) is 13.0 Å². The maximum atomic E-state index is 10.2. The van der Waals surface area contributed by atoms with E-state index in [2.05, 4.69) is 0 Å². The van der Waals surface area contributed by atoms with Gasteiger partial charge in [-0.3, -0.25) is 4.79 Å². The summed E-state index contributed by atoms with van der Waals surface area (Å²) in [4.78, 5) is 10.2. The van der Waals surface area contributed by atoms with E-state index in [9.17, 15) is 4.79 Å². The van der Waals surface area contributed by atoms with E-state index in [0.717, 1.165) is 19.3 Å². The fraction of sp³-hybridized carbons (Fsp3) is 0.917. The number of hydrogen-bond acceptors (Lipinski definition) is 3. The van der Waals surface area contributed by atoms with Crippen LogP contribution < -0.4 is 0 Å². The van der Waals surface area contributed by atoms with Crippen molar-refractivity contribution in [3.05, 3.63) is 0 Å². The summed E-state index contributed by atoms with van der Waals surface area (Å²) < 4.78 is 10.8. The van der Waals surface area contributed by atoms with Gasteiger partial charge in [-0.15, -0.1) is 0 Å². The molecule has 0 heterocycles. The average Bonchev–Trinajstić information content (AvgIpc) is 2.13. The highest BCUT2D eigenvalue weighted by atomic mass is 16.5. The second kappa shape index (κ2) is 8.53. The molecule has 16 heavy (non-hydrogen) atoms. The Kier molecular flexibility index (Phi) is 8.21. The number of rotatable bonds is 9. The molecule has 0 aromatic rings. The number of unbranched alkanes of at least 4 members (excludes halogenated alkanes) is 2. The van der Waals surface area contributed by atoms with Gasteiger partial charge in [0.15, 0.2) is 0 Å². The van der Waals surface area contributed by atoms with Gasteiger partial charge in [-0.05, 0) is 33.6 Å². The lowest BCUT2D eigenvalue weighted by atomic mass is 10.2. The number of carboxylic acids is 1. The van der Waals surface area contributed by atoms with Crippen molar-refractivity contribution < 1.29 is 19.4 Å². The largest absolute Gasteiger partial charge is 0.481 e. The standard InChI is InChI=1S/C12H24O4/c1-12(2,3)16-10-9-15-8-6-4-5-7-11(13)14/h4-10H2,1-3H3,(H,13,14). The number of ether oxygens (including phenoxy) is 2. The number of hydrogen-bond donors (Lipinski definition) is 1. The molecule has 0 spiro atoms. The molecule has 0 saturated heterocycles. The van der Waals surface area contributed by atoms with Crippen LogP contribution >= 0.6 is 0 Å². The molecule has 0 aliphatic carbocycles. The monoisotopic (exact) mass is 232 g/mol. The molecule has 0 bridgehead atoms. The summed E-state index contributed by atoms with van der Waals surface area (Å²) in [5, 5.41) is 8.41. The Bertz CT molecular complexity index is 184. The minimum absolute atomic E-state index is 0.106. The van der Waals surface area contributed by atoms with Crippen LogP contribution in [-0.2, 0) is 14.3 Å². The third kappa shape index (κ3) is 13.4. The molecule has 0 radical (unpaired) electrons. The molecule has 1 N–H and O–H groups in total. The van der Waals surface area contributed by atoms with Crippen molar-refractivity contribution >= 4 is 5.97 Å². The summed E-state index contributed by atoms with van der Waals surface area (Å²) in [6, 6.07) is 0. The van der Waals surface area contributed by atoms with Crippen LogP contribution in [0.3, 0.4) is 0 Å². The highest BCUT2D eigenvalue weighted by Crippen LogP contribution is 2.06. The molecular formula is C12H24O4. The predicted octanol–water partition coefficient (Wildman–Crippen LogP) is 2.46. The Labute approximate surface area is 97.9 Å². The molecule has 0 aliphatic rings. The Morgan fingerprint density at radius 1 is 1.06 bits per heavy atom. The van der Waals surface area contributed by atoms with Gasteiger partial charge in [0.1, 0.15) is 0 Å². The van der Waals surface area contributed by atoms with Crippen LogP contribution in [0.2, 0.25) is 0 Å². The zero-order valence-electron chi connectivity index (χ0n) is 10.6. The van der Waals surface area contributed by atoms with Crippen molar-refractivity contribution in [2.45, 2.75) is 52.1 Å². The molecule has 0 aromatic heterocycles. The number of carbonyl (C=O) groups is 1. The lowest BCUT2D eigenvalue weighted by molar-refractivity contribution is -0.137. The minimum Gasteiger partial charge on any atom is -0.481 e. The van der Waals surface area contributed by atoms with Crippen molar-refractivity contribution in [2.24, 2.45) is 0 Å². The van der Waals surface area contributed by atoms with Crippen LogP contribution in [0.15, 0.2) is 0 Å². The molecule has 0 unspecified atom stereocenters. The predicted molar refractivity (Wildman–Crippen MR) is 62.6 cm³/mol. The van der Waals surface area contributed by atoms with E-state index in [1.54, 1.807) is 0 Å². The van der Waals surface area contributed by atoms with E-state index in [4.69, 9.17) is 14.6 Å². The van der Waals surface area contributed by atoms with E-state index in [-0.39, 0.29) is 12.0 Å². The van der Waals surface area contributed by atoms with Crippen LogP contribution in [0.5, 0.6) is 0 Å². The van der Waals surface area contributed by atoms with Gasteiger partial charge in [-0.2, -0.15) is 0 Å². The van der Waals surface area contributed by atoms with Crippen molar-refractivity contribution in [3.8, 4) is 0 Å². The summed E-state index contributed by atoms with van der Waals surface area (Å²) >= 11 is 0. The van der Waals surface area contributed by atoms with E-state index in [0.29, 0.717) is 19.8 Å². The second-order valence-electron chi connectivity index (χ2n) is 4.78. The van der Waals surface area contributed by atoms with Crippen LogP contribution in [0, 0.1) is 0 Å². The summed E-state index contributed by atoms with van der Waals surface area (Å²) in [5.41, 5.74) is -0.106. The van der Waals surface area contributed by atoms with Crippen LogP contribution in [0.1, 0.15) is 46.5 Å². The first-order chi connectivity index (χ1) is 7.42. The van der Waals surface area contributed by atoms with Gasteiger partial charge in [0.25, 0.3) is 0 Å². The van der Waals surface area contributed by atoms with E-state index < -0.39 is 5.97 Å². The van der Waals surface area contributed by atoms with Crippen LogP contribution in [0.25, 0.3) is 0 Å². The molecule has 0 fully saturated rings. The fourth-order valence-corrected chi connectivity index (χ4v) is 1.17. The van der Waals surface area contributed by atoms with E-state index in [1.807, 2.05) is 20.8 Å². The van der Waals surface area contributed by atoms with Crippen molar-refractivity contribution in [3.63, 3.8) is 0 Å². The first kappa shape index (κ1) is 15.4. The molecule has 4 heteroatoms. The van der Waals surface area contributed by atoms with Gasteiger partial charge in [-0.25, -0.2) is 0 Å². The van der Waals surface area contributed by atoms with Gasteiger partial charge in [-0.1, -0.05) is 6.42 Å². The first-order valence-corrected chi connectivity index (χ1v) is 5.85. The SMILES string of the molecule is CC(C)(C)OCCOCCCCCC(=O)O. The topological polar surface area (TPSA) is 55.8 Å².